The average molecular weight is 461 g/mol. The quantitative estimate of drug-likeness (QED) is 0.426. The maximum absolute atomic E-state index is 13.0. The molecule has 1 aliphatic carbocycles. The van der Waals surface area contributed by atoms with Crippen LogP contribution in [0.25, 0.3) is 11.4 Å². The number of fused-ring (bicyclic) bond motifs is 1. The van der Waals surface area contributed by atoms with Crippen LogP contribution in [0.5, 0.6) is 11.5 Å². The predicted octanol–water partition coefficient (Wildman–Crippen LogP) is 4.28. The Morgan fingerprint density at radius 3 is 2.68 bits per heavy atom. The number of nitro benzene ring substituents is 1. The molecule has 3 aromatic rings. The summed E-state index contributed by atoms with van der Waals surface area (Å²) in [7, 11) is 1.58. The van der Waals surface area contributed by atoms with Gasteiger partial charge in [0, 0.05) is 35.4 Å². The van der Waals surface area contributed by atoms with Crippen molar-refractivity contribution in [2.24, 2.45) is 0 Å². The highest BCUT2D eigenvalue weighted by Gasteiger charge is 2.37. The number of aromatic nitrogens is 3. The number of hydrogen-bond acceptors (Lipinski definition) is 8. The number of non-ortho nitro benzene ring substituents is 1. The summed E-state index contributed by atoms with van der Waals surface area (Å²) in [5.74, 6) is 2.19. The van der Waals surface area contributed by atoms with E-state index in [-0.39, 0.29) is 11.5 Å². The molecule has 0 spiro atoms. The molecule has 10 heteroatoms. The lowest BCUT2D eigenvalue weighted by Crippen LogP contribution is -2.31. The lowest BCUT2D eigenvalue weighted by Gasteiger charge is -2.32. The molecule has 174 valence electrons. The van der Waals surface area contributed by atoms with E-state index in [9.17, 15) is 14.9 Å². The Morgan fingerprint density at radius 2 is 1.97 bits per heavy atom. The molecule has 2 aliphatic rings. The summed E-state index contributed by atoms with van der Waals surface area (Å²) < 4.78 is 12.9. The highest BCUT2D eigenvalue weighted by molar-refractivity contribution is 5.99. The van der Waals surface area contributed by atoms with Gasteiger partial charge < -0.3 is 14.8 Å². The number of carbonyl (C=O) groups excluding carboxylic acids is 1. The van der Waals surface area contributed by atoms with Crippen LogP contribution in [0.3, 0.4) is 0 Å². The number of allylic oxidation sites excluding steroid dienone is 2. The third-order valence-corrected chi connectivity index (χ3v) is 6.01. The van der Waals surface area contributed by atoms with E-state index in [0.717, 1.165) is 24.1 Å². The summed E-state index contributed by atoms with van der Waals surface area (Å²) in [5, 5.41) is 19.0. The zero-order chi connectivity index (χ0) is 23.8. The van der Waals surface area contributed by atoms with Crippen molar-refractivity contribution >= 4 is 17.4 Å². The predicted molar refractivity (Wildman–Crippen MR) is 124 cm³/mol. The Morgan fingerprint density at radius 1 is 1.18 bits per heavy atom. The van der Waals surface area contributed by atoms with E-state index in [1.54, 1.807) is 23.9 Å². The van der Waals surface area contributed by atoms with Crippen molar-refractivity contribution in [1.82, 2.24) is 14.8 Å². The number of benzene rings is 2. The van der Waals surface area contributed by atoms with Gasteiger partial charge in [0.15, 0.2) is 23.1 Å². The zero-order valence-corrected chi connectivity index (χ0v) is 18.8. The van der Waals surface area contributed by atoms with Gasteiger partial charge in [-0.3, -0.25) is 14.9 Å². The molecule has 1 unspecified atom stereocenters. The second kappa shape index (κ2) is 8.62. The Kier molecular flexibility index (Phi) is 5.48. The molecule has 0 saturated carbocycles. The van der Waals surface area contributed by atoms with Gasteiger partial charge >= 0.3 is 0 Å². The second-order valence-corrected chi connectivity index (χ2v) is 8.05. The molecule has 0 amide bonds. The minimum atomic E-state index is -0.483. The van der Waals surface area contributed by atoms with Crippen LogP contribution in [0.15, 0.2) is 53.7 Å². The molecule has 1 aliphatic heterocycles. The molecular formula is C24H23N5O5. The van der Waals surface area contributed by atoms with Crippen LogP contribution in [-0.4, -0.2) is 39.2 Å². The highest BCUT2D eigenvalue weighted by Crippen LogP contribution is 2.42. The fourth-order valence-corrected chi connectivity index (χ4v) is 4.45. The number of nitrogens with one attached hydrogen (secondary N) is 1. The monoisotopic (exact) mass is 461 g/mol. The molecule has 2 heterocycles. The van der Waals surface area contributed by atoms with E-state index in [1.807, 2.05) is 25.1 Å². The van der Waals surface area contributed by atoms with Crippen molar-refractivity contribution in [2.45, 2.75) is 32.2 Å². The Bertz CT molecular complexity index is 1310. The first-order valence-electron chi connectivity index (χ1n) is 11.1. The zero-order valence-electron chi connectivity index (χ0n) is 18.8. The molecule has 0 fully saturated rings. The maximum Gasteiger partial charge on any atom is 0.269 e. The van der Waals surface area contributed by atoms with Crippen LogP contribution in [0.4, 0.5) is 11.6 Å². The lowest BCUT2D eigenvalue weighted by atomic mass is 9.85. The number of rotatable bonds is 6. The van der Waals surface area contributed by atoms with Crippen LogP contribution in [0.2, 0.25) is 0 Å². The van der Waals surface area contributed by atoms with E-state index >= 15 is 0 Å². The summed E-state index contributed by atoms with van der Waals surface area (Å²) >= 11 is 0. The number of methoxy groups -OCH3 is 1. The Labute approximate surface area is 195 Å². The molecule has 10 nitrogen and oxygen atoms in total. The fraction of sp³-hybridized carbons (Fsp3) is 0.292. The molecular weight excluding hydrogens is 438 g/mol. The van der Waals surface area contributed by atoms with Gasteiger partial charge in [0.25, 0.3) is 5.69 Å². The van der Waals surface area contributed by atoms with Crippen molar-refractivity contribution in [3.63, 3.8) is 0 Å². The van der Waals surface area contributed by atoms with Gasteiger partial charge in [-0.25, -0.2) is 4.68 Å². The SMILES string of the molecule is CCOc1ccc(C2C3=C(CCCC3=O)Nc3nc(-c4ccc([N+](=O)[O-])cc4)nn32)cc1OC. The third kappa shape index (κ3) is 3.66. The number of carbonyl (C=O) groups is 1. The number of nitro groups is 1. The van der Waals surface area contributed by atoms with E-state index in [2.05, 4.69) is 10.3 Å². The topological polar surface area (TPSA) is 121 Å². The Hall–Kier alpha value is -4.21. The van der Waals surface area contributed by atoms with Crippen molar-refractivity contribution in [3.05, 3.63) is 69.4 Å². The molecule has 0 saturated heterocycles. The van der Waals surface area contributed by atoms with E-state index in [1.165, 1.54) is 12.1 Å². The molecule has 5 rings (SSSR count). The maximum atomic E-state index is 13.0. The second-order valence-electron chi connectivity index (χ2n) is 8.05. The molecule has 1 aromatic heterocycles. The summed E-state index contributed by atoms with van der Waals surface area (Å²) in [6.07, 6.45) is 1.99. The van der Waals surface area contributed by atoms with E-state index in [0.29, 0.717) is 47.4 Å². The van der Waals surface area contributed by atoms with Gasteiger partial charge in [-0.05, 0) is 49.6 Å². The minimum absolute atomic E-state index is 0.00654. The molecule has 34 heavy (non-hydrogen) atoms. The van der Waals surface area contributed by atoms with Gasteiger partial charge in [0.05, 0.1) is 18.6 Å². The number of anilines is 1. The number of Topliss-reactive ketones (excluding diaryl/α,β-unsaturated/α-hetero) is 1. The molecule has 1 N–H and O–H groups in total. The minimum Gasteiger partial charge on any atom is -0.493 e. The molecule has 2 aromatic carbocycles. The molecule has 0 radical (unpaired) electrons. The van der Waals surface area contributed by atoms with Gasteiger partial charge in [0.2, 0.25) is 5.95 Å². The lowest BCUT2D eigenvalue weighted by molar-refractivity contribution is -0.384. The number of ketones is 1. The fourth-order valence-electron chi connectivity index (χ4n) is 4.45. The van der Waals surface area contributed by atoms with Crippen LogP contribution in [0, 0.1) is 10.1 Å². The number of nitrogens with zero attached hydrogens (tertiary/aromatic N) is 4. The van der Waals surface area contributed by atoms with Crippen LogP contribution >= 0.6 is 0 Å². The first-order valence-corrected chi connectivity index (χ1v) is 11.1. The van der Waals surface area contributed by atoms with E-state index in [4.69, 9.17) is 14.6 Å². The molecule has 1 atom stereocenters. The smallest absolute Gasteiger partial charge is 0.269 e. The molecule has 0 bridgehead atoms. The van der Waals surface area contributed by atoms with Crippen molar-refractivity contribution in [3.8, 4) is 22.9 Å². The van der Waals surface area contributed by atoms with Crippen LogP contribution in [-0.2, 0) is 4.79 Å². The van der Waals surface area contributed by atoms with Gasteiger partial charge in [0.1, 0.15) is 6.04 Å². The third-order valence-electron chi connectivity index (χ3n) is 6.01. The van der Waals surface area contributed by atoms with Gasteiger partial charge in [-0.15, -0.1) is 5.10 Å². The summed E-state index contributed by atoms with van der Waals surface area (Å²) in [6, 6.07) is 11.2. The standard InChI is InChI=1S/C24H23N5O5/c1-3-34-19-12-9-15(13-20(19)33-2)22-21-17(5-4-6-18(21)30)25-24-26-23(27-28(22)24)14-7-10-16(11-8-14)29(31)32/h7-13,22H,3-6H2,1-2H3,(H,25,26,27). The van der Waals surface area contributed by atoms with Crippen LogP contribution < -0.4 is 14.8 Å². The highest BCUT2D eigenvalue weighted by atomic mass is 16.6. The summed E-state index contributed by atoms with van der Waals surface area (Å²) in [4.78, 5) is 28.2. The van der Waals surface area contributed by atoms with Crippen molar-refractivity contribution < 1.29 is 19.2 Å². The first-order chi connectivity index (χ1) is 16.5. The average Bonchev–Trinajstić information content (AvgIpc) is 3.27. The largest absolute Gasteiger partial charge is 0.493 e. The van der Waals surface area contributed by atoms with Crippen LogP contribution in [0.1, 0.15) is 37.8 Å². The summed E-state index contributed by atoms with van der Waals surface area (Å²) in [5.41, 5.74) is 2.98. The van der Waals surface area contributed by atoms with Crippen molar-refractivity contribution in [2.75, 3.05) is 19.0 Å². The summed E-state index contributed by atoms with van der Waals surface area (Å²) in [6.45, 7) is 2.40. The van der Waals surface area contributed by atoms with E-state index < -0.39 is 11.0 Å². The van der Waals surface area contributed by atoms with Crippen molar-refractivity contribution in [1.29, 1.82) is 0 Å². The number of ether oxygens (including phenoxy) is 2. The number of hydrogen-bond donors (Lipinski definition) is 1. The van der Waals surface area contributed by atoms with Gasteiger partial charge in [-0.2, -0.15) is 4.98 Å². The van der Waals surface area contributed by atoms with Gasteiger partial charge in [-0.1, -0.05) is 6.07 Å². The first kappa shape index (κ1) is 21.6. The normalized spacial score (nSPS) is 17.0. The Balaban J connectivity index is 1.62.